The van der Waals surface area contributed by atoms with Crippen LogP contribution in [0.4, 0.5) is 10.6 Å². The SMILES string of the molecule is CC(CN(C)C(=O)NCCNc1ncc(Cl)cc1Cl)C(=O)O. The lowest BCUT2D eigenvalue weighted by Gasteiger charge is -2.20. The van der Waals surface area contributed by atoms with Gasteiger partial charge in [-0.3, -0.25) is 4.79 Å². The number of hydrogen-bond acceptors (Lipinski definition) is 4. The molecule has 0 saturated heterocycles. The average molecular weight is 349 g/mol. The van der Waals surface area contributed by atoms with E-state index < -0.39 is 11.9 Å². The highest BCUT2D eigenvalue weighted by Crippen LogP contribution is 2.21. The van der Waals surface area contributed by atoms with E-state index in [9.17, 15) is 9.59 Å². The first-order valence-electron chi connectivity index (χ1n) is 6.58. The molecule has 9 heteroatoms. The number of carbonyl (C=O) groups excluding carboxylic acids is 1. The van der Waals surface area contributed by atoms with Gasteiger partial charge in [0.25, 0.3) is 0 Å². The minimum atomic E-state index is -0.940. The maximum Gasteiger partial charge on any atom is 0.317 e. The van der Waals surface area contributed by atoms with Gasteiger partial charge in [0.1, 0.15) is 5.82 Å². The van der Waals surface area contributed by atoms with E-state index in [-0.39, 0.29) is 12.6 Å². The number of amides is 2. The van der Waals surface area contributed by atoms with Crippen molar-refractivity contribution < 1.29 is 14.7 Å². The molecular weight excluding hydrogens is 331 g/mol. The molecule has 0 saturated carbocycles. The molecule has 2 amide bonds. The predicted octanol–water partition coefficient (Wildman–Crippen LogP) is 2.16. The Bertz CT molecular complexity index is 542. The highest BCUT2D eigenvalue weighted by Gasteiger charge is 2.16. The Hall–Kier alpha value is -1.73. The van der Waals surface area contributed by atoms with Crippen LogP contribution < -0.4 is 10.6 Å². The summed E-state index contributed by atoms with van der Waals surface area (Å²) in [5, 5.41) is 15.3. The Kier molecular flexibility index (Phi) is 7.20. The second kappa shape index (κ2) is 8.65. The van der Waals surface area contributed by atoms with Crippen molar-refractivity contribution in [3.63, 3.8) is 0 Å². The number of halogens is 2. The Labute approximate surface area is 138 Å². The Morgan fingerprint density at radius 1 is 1.41 bits per heavy atom. The summed E-state index contributed by atoms with van der Waals surface area (Å²) in [6, 6.07) is 1.23. The normalized spacial score (nSPS) is 11.6. The number of carboxylic acid groups (broad SMARTS) is 1. The molecule has 1 unspecified atom stereocenters. The second-order valence-corrected chi connectivity index (χ2v) is 5.61. The van der Waals surface area contributed by atoms with E-state index in [1.165, 1.54) is 11.1 Å². The topological polar surface area (TPSA) is 94.6 Å². The molecule has 122 valence electrons. The molecule has 0 aliphatic rings. The maximum absolute atomic E-state index is 11.8. The predicted molar refractivity (Wildman–Crippen MR) is 85.6 cm³/mol. The summed E-state index contributed by atoms with van der Waals surface area (Å²) in [6.07, 6.45) is 1.47. The molecule has 0 fully saturated rings. The Morgan fingerprint density at radius 3 is 2.68 bits per heavy atom. The fourth-order valence-electron chi connectivity index (χ4n) is 1.60. The zero-order valence-corrected chi connectivity index (χ0v) is 13.8. The number of aromatic nitrogens is 1. The molecule has 3 N–H and O–H groups in total. The summed E-state index contributed by atoms with van der Waals surface area (Å²) in [7, 11) is 1.54. The van der Waals surface area contributed by atoms with E-state index in [4.69, 9.17) is 28.3 Å². The van der Waals surface area contributed by atoms with Gasteiger partial charge >= 0.3 is 12.0 Å². The van der Waals surface area contributed by atoms with Crippen LogP contribution >= 0.6 is 23.2 Å². The average Bonchev–Trinajstić information content (AvgIpc) is 2.44. The van der Waals surface area contributed by atoms with Gasteiger partial charge in [-0.1, -0.05) is 30.1 Å². The van der Waals surface area contributed by atoms with Crippen molar-refractivity contribution in [2.45, 2.75) is 6.92 Å². The molecule has 0 spiro atoms. The van der Waals surface area contributed by atoms with E-state index >= 15 is 0 Å². The lowest BCUT2D eigenvalue weighted by atomic mass is 10.2. The number of urea groups is 1. The van der Waals surface area contributed by atoms with Crippen molar-refractivity contribution in [2.75, 3.05) is 32.0 Å². The lowest BCUT2D eigenvalue weighted by molar-refractivity contribution is -0.141. The van der Waals surface area contributed by atoms with Crippen molar-refractivity contribution in [2.24, 2.45) is 5.92 Å². The molecule has 22 heavy (non-hydrogen) atoms. The first-order chi connectivity index (χ1) is 10.3. The number of rotatable bonds is 7. The quantitative estimate of drug-likeness (QED) is 0.656. The zero-order chi connectivity index (χ0) is 16.7. The van der Waals surface area contributed by atoms with Crippen molar-refractivity contribution >= 4 is 41.0 Å². The van der Waals surface area contributed by atoms with Gasteiger partial charge in [0.2, 0.25) is 0 Å². The van der Waals surface area contributed by atoms with Gasteiger partial charge in [0.15, 0.2) is 0 Å². The molecule has 0 radical (unpaired) electrons. The van der Waals surface area contributed by atoms with Gasteiger partial charge in [0, 0.05) is 32.9 Å². The molecule has 0 aliphatic heterocycles. The van der Waals surface area contributed by atoms with Gasteiger partial charge in [-0.05, 0) is 6.07 Å². The van der Waals surface area contributed by atoms with Crippen LogP contribution in [0.2, 0.25) is 10.0 Å². The molecule has 7 nitrogen and oxygen atoms in total. The van der Waals surface area contributed by atoms with Gasteiger partial charge < -0.3 is 20.6 Å². The summed E-state index contributed by atoms with van der Waals surface area (Å²) in [6.45, 7) is 2.44. The number of nitrogens with zero attached hydrogens (tertiary/aromatic N) is 2. The number of pyridine rings is 1. The minimum absolute atomic E-state index is 0.138. The minimum Gasteiger partial charge on any atom is -0.481 e. The molecule has 0 aromatic carbocycles. The van der Waals surface area contributed by atoms with Crippen LogP contribution in [-0.4, -0.2) is 53.7 Å². The van der Waals surface area contributed by atoms with Crippen LogP contribution in [0.25, 0.3) is 0 Å². The highest BCUT2D eigenvalue weighted by molar-refractivity contribution is 6.35. The Morgan fingerprint density at radius 2 is 2.09 bits per heavy atom. The molecule has 1 atom stereocenters. The molecular formula is C13H18Cl2N4O3. The van der Waals surface area contributed by atoms with E-state index in [0.29, 0.717) is 29.0 Å². The number of carboxylic acids is 1. The third-order valence-corrected chi connectivity index (χ3v) is 3.31. The number of aliphatic carboxylic acids is 1. The van der Waals surface area contributed by atoms with Crippen LogP contribution in [0.5, 0.6) is 0 Å². The van der Waals surface area contributed by atoms with Crippen LogP contribution in [0.15, 0.2) is 12.3 Å². The number of anilines is 1. The monoisotopic (exact) mass is 348 g/mol. The van der Waals surface area contributed by atoms with Crippen LogP contribution in [0, 0.1) is 5.92 Å². The van der Waals surface area contributed by atoms with Crippen LogP contribution in [0.3, 0.4) is 0 Å². The fourth-order valence-corrected chi connectivity index (χ4v) is 2.05. The summed E-state index contributed by atoms with van der Waals surface area (Å²) >= 11 is 11.7. The summed E-state index contributed by atoms with van der Waals surface area (Å²) < 4.78 is 0. The van der Waals surface area contributed by atoms with Gasteiger partial charge in [-0.25, -0.2) is 9.78 Å². The standard InChI is InChI=1S/C13H18Cl2N4O3/c1-8(12(20)21)7-19(2)13(22)17-4-3-16-11-10(15)5-9(14)6-18-11/h5-6,8H,3-4,7H2,1-2H3,(H,16,18)(H,17,22)(H,20,21). The molecule has 1 rings (SSSR count). The third-order valence-electron chi connectivity index (χ3n) is 2.82. The lowest BCUT2D eigenvalue weighted by Crippen LogP contribution is -2.42. The summed E-state index contributed by atoms with van der Waals surface area (Å²) in [4.78, 5) is 27.8. The molecule has 1 aromatic heterocycles. The molecule has 0 bridgehead atoms. The first-order valence-corrected chi connectivity index (χ1v) is 7.33. The molecule has 1 heterocycles. The van der Waals surface area contributed by atoms with Crippen molar-refractivity contribution in [1.82, 2.24) is 15.2 Å². The number of nitrogens with one attached hydrogen (secondary N) is 2. The van der Waals surface area contributed by atoms with Crippen molar-refractivity contribution in [3.05, 3.63) is 22.3 Å². The van der Waals surface area contributed by atoms with Gasteiger partial charge in [0.05, 0.1) is 16.0 Å². The largest absolute Gasteiger partial charge is 0.481 e. The van der Waals surface area contributed by atoms with E-state index in [0.717, 1.165) is 0 Å². The number of carbonyl (C=O) groups is 2. The van der Waals surface area contributed by atoms with Crippen molar-refractivity contribution in [3.8, 4) is 0 Å². The van der Waals surface area contributed by atoms with Gasteiger partial charge in [-0.2, -0.15) is 0 Å². The van der Waals surface area contributed by atoms with E-state index in [2.05, 4.69) is 15.6 Å². The van der Waals surface area contributed by atoms with Crippen LogP contribution in [-0.2, 0) is 4.79 Å². The Balaban J connectivity index is 2.31. The maximum atomic E-state index is 11.8. The highest BCUT2D eigenvalue weighted by atomic mass is 35.5. The zero-order valence-electron chi connectivity index (χ0n) is 12.3. The first kappa shape index (κ1) is 18.3. The summed E-state index contributed by atoms with van der Waals surface area (Å²) in [5.74, 6) is -1.08. The van der Waals surface area contributed by atoms with Gasteiger partial charge in [-0.15, -0.1) is 0 Å². The fraction of sp³-hybridized carbons (Fsp3) is 0.462. The molecule has 1 aromatic rings. The smallest absolute Gasteiger partial charge is 0.317 e. The van der Waals surface area contributed by atoms with Crippen molar-refractivity contribution in [1.29, 1.82) is 0 Å². The molecule has 0 aliphatic carbocycles. The summed E-state index contributed by atoms with van der Waals surface area (Å²) in [5.41, 5.74) is 0. The van der Waals surface area contributed by atoms with Crippen LogP contribution in [0.1, 0.15) is 6.92 Å². The van der Waals surface area contributed by atoms with E-state index in [1.807, 2.05) is 0 Å². The number of hydrogen-bond donors (Lipinski definition) is 3. The second-order valence-electron chi connectivity index (χ2n) is 4.76. The third kappa shape index (κ3) is 5.95. The van der Waals surface area contributed by atoms with E-state index in [1.54, 1.807) is 20.0 Å².